The maximum atomic E-state index is 13.0. The Morgan fingerprint density at radius 3 is 2.74 bits per heavy atom. The first kappa shape index (κ1) is 20.2. The average Bonchev–Trinajstić information content (AvgIpc) is 3.21. The van der Waals surface area contributed by atoms with Crippen LogP contribution < -0.4 is 4.72 Å². The van der Waals surface area contributed by atoms with Gasteiger partial charge in [0.15, 0.2) is 0 Å². The van der Waals surface area contributed by atoms with Crippen LogP contribution in [-0.4, -0.2) is 44.0 Å². The molecule has 0 unspecified atom stereocenters. The summed E-state index contributed by atoms with van der Waals surface area (Å²) in [5, 5.41) is 2.71. The highest BCUT2D eigenvalue weighted by atomic mass is 32.2. The van der Waals surface area contributed by atoms with Crippen LogP contribution in [0.3, 0.4) is 0 Å². The van der Waals surface area contributed by atoms with Gasteiger partial charge in [0.25, 0.3) is 0 Å². The van der Waals surface area contributed by atoms with E-state index in [-0.39, 0.29) is 6.04 Å². The lowest BCUT2D eigenvalue weighted by atomic mass is 10.0. The Hall–Kier alpha value is -2.74. The predicted molar refractivity (Wildman–Crippen MR) is 121 cm³/mol. The van der Waals surface area contributed by atoms with Gasteiger partial charge in [-0.2, -0.15) is 0 Å². The van der Waals surface area contributed by atoms with Crippen molar-refractivity contribution in [1.29, 1.82) is 0 Å². The van der Waals surface area contributed by atoms with E-state index in [0.717, 1.165) is 49.9 Å². The van der Waals surface area contributed by atoms with Gasteiger partial charge in [-0.3, -0.25) is 4.98 Å². The summed E-state index contributed by atoms with van der Waals surface area (Å²) in [5.74, 6) is 0. The molecule has 1 aliphatic heterocycles. The van der Waals surface area contributed by atoms with Crippen LogP contribution >= 0.6 is 0 Å². The summed E-state index contributed by atoms with van der Waals surface area (Å²) >= 11 is 0. The first-order valence-corrected chi connectivity index (χ1v) is 12.1. The average molecular weight is 436 g/mol. The predicted octanol–water partition coefficient (Wildman–Crippen LogP) is 3.97. The maximum absolute atomic E-state index is 13.0. The molecule has 1 fully saturated rings. The van der Waals surface area contributed by atoms with E-state index >= 15 is 0 Å². The second kappa shape index (κ2) is 8.42. The van der Waals surface area contributed by atoms with Crippen molar-refractivity contribution in [3.8, 4) is 0 Å². The summed E-state index contributed by atoms with van der Waals surface area (Å²) in [6, 6.07) is 15.1. The largest absolute Gasteiger partial charge is 0.464 e. The first-order chi connectivity index (χ1) is 15.1. The highest BCUT2D eigenvalue weighted by Crippen LogP contribution is 2.24. The standard InChI is InChI=1S/C24H25N3O3S/c28-31(29,24-7-3-4-18-16-25-12-8-22(18)24)26-20-10-14-27(15-11-20)13-9-19-17-30-23-6-2-1-5-21(19)23/h1-8,12,16-17,20,26H,9-11,13-15H2. The second-order valence-electron chi connectivity index (χ2n) is 8.10. The number of para-hydroxylation sites is 1. The molecule has 0 amide bonds. The van der Waals surface area contributed by atoms with Crippen molar-refractivity contribution >= 4 is 31.8 Å². The van der Waals surface area contributed by atoms with Gasteiger partial charge in [0.05, 0.1) is 11.2 Å². The molecule has 0 atom stereocenters. The molecule has 0 spiro atoms. The van der Waals surface area contributed by atoms with Gasteiger partial charge in [-0.25, -0.2) is 13.1 Å². The molecule has 5 rings (SSSR count). The Kier molecular flexibility index (Phi) is 5.48. The molecule has 1 aliphatic rings. The molecule has 160 valence electrons. The fourth-order valence-electron chi connectivity index (χ4n) is 4.39. The SMILES string of the molecule is O=S(=O)(NC1CCN(CCc2coc3ccccc23)CC1)c1cccc2cnccc12. The van der Waals surface area contributed by atoms with Gasteiger partial charge in [0, 0.05) is 41.1 Å². The highest BCUT2D eigenvalue weighted by molar-refractivity contribution is 7.89. The third-order valence-electron chi connectivity index (χ3n) is 6.10. The number of sulfonamides is 1. The van der Waals surface area contributed by atoms with Gasteiger partial charge in [0.1, 0.15) is 5.58 Å². The lowest BCUT2D eigenvalue weighted by Crippen LogP contribution is -2.45. The van der Waals surface area contributed by atoms with Crippen molar-refractivity contribution in [3.63, 3.8) is 0 Å². The van der Waals surface area contributed by atoms with Crippen molar-refractivity contribution in [1.82, 2.24) is 14.6 Å². The van der Waals surface area contributed by atoms with Crippen LogP contribution in [0.5, 0.6) is 0 Å². The summed E-state index contributed by atoms with van der Waals surface area (Å²) in [6.07, 6.45) is 7.71. The third-order valence-corrected chi connectivity index (χ3v) is 7.68. The van der Waals surface area contributed by atoms with Gasteiger partial charge in [-0.15, -0.1) is 0 Å². The molecule has 4 aromatic rings. The van der Waals surface area contributed by atoms with Crippen molar-refractivity contribution in [2.75, 3.05) is 19.6 Å². The van der Waals surface area contributed by atoms with Crippen LogP contribution in [0, 0.1) is 0 Å². The molecule has 0 bridgehead atoms. The topological polar surface area (TPSA) is 75.4 Å². The number of piperidine rings is 1. The molecule has 2 aromatic heterocycles. The number of fused-ring (bicyclic) bond motifs is 2. The number of rotatable bonds is 6. The van der Waals surface area contributed by atoms with E-state index in [1.807, 2.05) is 30.5 Å². The number of nitrogens with one attached hydrogen (secondary N) is 1. The summed E-state index contributed by atoms with van der Waals surface area (Å²) in [5.41, 5.74) is 2.15. The van der Waals surface area contributed by atoms with Gasteiger partial charge in [-0.1, -0.05) is 30.3 Å². The van der Waals surface area contributed by atoms with Gasteiger partial charge in [0.2, 0.25) is 10.0 Å². The summed E-state index contributed by atoms with van der Waals surface area (Å²) in [6.45, 7) is 2.70. The normalized spacial score (nSPS) is 16.3. The number of likely N-dealkylation sites (tertiary alicyclic amines) is 1. The molecule has 0 saturated carbocycles. The van der Waals surface area contributed by atoms with E-state index in [9.17, 15) is 8.42 Å². The van der Waals surface area contributed by atoms with Crippen LogP contribution in [0.4, 0.5) is 0 Å². The second-order valence-corrected chi connectivity index (χ2v) is 9.78. The molecular weight excluding hydrogens is 410 g/mol. The highest BCUT2D eigenvalue weighted by Gasteiger charge is 2.25. The minimum Gasteiger partial charge on any atom is -0.464 e. The fourth-order valence-corrected chi connectivity index (χ4v) is 5.92. The van der Waals surface area contributed by atoms with E-state index in [2.05, 4.69) is 20.7 Å². The lowest BCUT2D eigenvalue weighted by molar-refractivity contribution is 0.209. The molecule has 2 aromatic carbocycles. The number of furan rings is 1. The van der Waals surface area contributed by atoms with Gasteiger partial charge < -0.3 is 9.32 Å². The Morgan fingerprint density at radius 1 is 1.03 bits per heavy atom. The Bertz CT molecular complexity index is 1300. The van der Waals surface area contributed by atoms with E-state index in [4.69, 9.17) is 4.42 Å². The molecule has 6 nitrogen and oxygen atoms in total. The van der Waals surface area contributed by atoms with E-state index < -0.39 is 10.0 Å². The lowest BCUT2D eigenvalue weighted by Gasteiger charge is -2.32. The zero-order valence-electron chi connectivity index (χ0n) is 17.2. The van der Waals surface area contributed by atoms with E-state index in [1.165, 1.54) is 10.9 Å². The van der Waals surface area contributed by atoms with Gasteiger partial charge in [-0.05, 0) is 56.1 Å². The van der Waals surface area contributed by atoms with Crippen LogP contribution in [0.1, 0.15) is 18.4 Å². The monoisotopic (exact) mass is 435 g/mol. The smallest absolute Gasteiger partial charge is 0.241 e. The summed E-state index contributed by atoms with van der Waals surface area (Å²) in [4.78, 5) is 6.81. The van der Waals surface area contributed by atoms with Crippen LogP contribution in [0.15, 0.2) is 76.5 Å². The van der Waals surface area contributed by atoms with Crippen molar-refractivity contribution in [2.45, 2.75) is 30.2 Å². The van der Waals surface area contributed by atoms with Crippen molar-refractivity contribution in [3.05, 3.63) is 72.8 Å². The molecule has 1 saturated heterocycles. The molecule has 7 heteroatoms. The Morgan fingerprint density at radius 2 is 1.87 bits per heavy atom. The van der Waals surface area contributed by atoms with Crippen LogP contribution in [0.25, 0.3) is 21.7 Å². The first-order valence-electron chi connectivity index (χ1n) is 10.6. The molecule has 1 N–H and O–H groups in total. The van der Waals surface area contributed by atoms with Crippen LogP contribution in [0.2, 0.25) is 0 Å². The maximum Gasteiger partial charge on any atom is 0.241 e. The number of aromatic nitrogens is 1. The minimum absolute atomic E-state index is 0.0481. The summed E-state index contributed by atoms with van der Waals surface area (Å²) < 4.78 is 34.7. The minimum atomic E-state index is -3.58. The quantitative estimate of drug-likeness (QED) is 0.496. The Balaban J connectivity index is 1.20. The van der Waals surface area contributed by atoms with Crippen molar-refractivity contribution < 1.29 is 12.8 Å². The van der Waals surface area contributed by atoms with Gasteiger partial charge >= 0.3 is 0 Å². The number of hydrogen-bond acceptors (Lipinski definition) is 5. The van der Waals surface area contributed by atoms with Crippen LogP contribution in [-0.2, 0) is 16.4 Å². The zero-order chi connectivity index (χ0) is 21.3. The zero-order valence-corrected chi connectivity index (χ0v) is 18.0. The number of pyridine rings is 1. The fraction of sp³-hybridized carbons (Fsp3) is 0.292. The molecule has 0 radical (unpaired) electrons. The Labute approximate surface area is 181 Å². The molecule has 3 heterocycles. The van der Waals surface area contributed by atoms with E-state index in [1.54, 1.807) is 30.6 Å². The number of benzene rings is 2. The molecule has 0 aliphatic carbocycles. The molecule has 31 heavy (non-hydrogen) atoms. The third kappa shape index (κ3) is 4.21. The number of nitrogens with zero attached hydrogens (tertiary/aromatic N) is 2. The molecular formula is C24H25N3O3S. The number of hydrogen-bond donors (Lipinski definition) is 1. The van der Waals surface area contributed by atoms with Crippen molar-refractivity contribution in [2.24, 2.45) is 0 Å². The van der Waals surface area contributed by atoms with E-state index in [0.29, 0.717) is 10.3 Å². The summed E-state index contributed by atoms with van der Waals surface area (Å²) in [7, 11) is -3.58.